The number of carboxylic acids is 1. The van der Waals surface area contributed by atoms with Gasteiger partial charge in [0.15, 0.2) is 0 Å². The SMILES string of the molecule is C=C(CC(=O)O)c1cc(N)c2ccccc2c1O. The number of benzene rings is 2. The third-order valence-electron chi connectivity index (χ3n) is 2.79. The minimum atomic E-state index is -0.994. The first-order valence-corrected chi connectivity index (χ1v) is 5.41. The predicted molar refractivity (Wildman–Crippen MR) is 71.3 cm³/mol. The van der Waals surface area contributed by atoms with Crippen molar-refractivity contribution in [3.05, 3.63) is 42.5 Å². The number of carboxylic acid groups (broad SMARTS) is 1. The molecule has 0 spiro atoms. The Hall–Kier alpha value is -2.49. The summed E-state index contributed by atoms with van der Waals surface area (Å²) in [4.78, 5) is 10.7. The fourth-order valence-electron chi connectivity index (χ4n) is 1.94. The van der Waals surface area contributed by atoms with Gasteiger partial charge in [0, 0.05) is 22.0 Å². The van der Waals surface area contributed by atoms with Crippen LogP contribution in [0.2, 0.25) is 0 Å². The first kappa shape index (κ1) is 12.0. The summed E-state index contributed by atoms with van der Waals surface area (Å²) in [6.45, 7) is 3.68. The number of nitrogens with two attached hydrogens (primary N) is 1. The lowest BCUT2D eigenvalue weighted by Crippen LogP contribution is -1.98. The molecule has 0 atom stereocenters. The van der Waals surface area contributed by atoms with Gasteiger partial charge in [0.1, 0.15) is 5.75 Å². The van der Waals surface area contributed by atoms with Crippen LogP contribution in [0.15, 0.2) is 36.9 Å². The van der Waals surface area contributed by atoms with Crippen LogP contribution in [0.3, 0.4) is 0 Å². The summed E-state index contributed by atoms with van der Waals surface area (Å²) in [6.07, 6.45) is -0.231. The van der Waals surface area contributed by atoms with Crippen molar-refractivity contribution < 1.29 is 15.0 Å². The number of aliphatic carboxylic acids is 1. The van der Waals surface area contributed by atoms with E-state index >= 15 is 0 Å². The molecule has 0 heterocycles. The van der Waals surface area contributed by atoms with E-state index in [0.717, 1.165) is 5.39 Å². The second kappa shape index (κ2) is 4.41. The smallest absolute Gasteiger partial charge is 0.307 e. The van der Waals surface area contributed by atoms with Gasteiger partial charge in [-0.1, -0.05) is 30.8 Å². The van der Waals surface area contributed by atoms with E-state index in [0.29, 0.717) is 22.2 Å². The van der Waals surface area contributed by atoms with Gasteiger partial charge in [0.25, 0.3) is 0 Å². The van der Waals surface area contributed by atoms with Crippen molar-refractivity contribution in [1.82, 2.24) is 0 Å². The number of anilines is 1. The number of phenols is 1. The van der Waals surface area contributed by atoms with Crippen molar-refractivity contribution in [3.63, 3.8) is 0 Å². The standard InChI is InChI=1S/C14H13NO3/c1-8(6-13(16)17)11-7-12(15)9-4-2-3-5-10(9)14(11)18/h2-5,7,18H,1,6,15H2,(H,16,17). The monoisotopic (exact) mass is 243 g/mol. The van der Waals surface area contributed by atoms with Crippen LogP contribution in [-0.2, 0) is 4.79 Å². The first-order chi connectivity index (χ1) is 8.50. The number of phenolic OH excluding ortho intramolecular Hbond substituents is 1. The van der Waals surface area contributed by atoms with Gasteiger partial charge in [-0.25, -0.2) is 0 Å². The summed E-state index contributed by atoms with van der Waals surface area (Å²) in [5, 5.41) is 20.2. The maximum Gasteiger partial charge on any atom is 0.307 e. The highest BCUT2D eigenvalue weighted by Crippen LogP contribution is 2.37. The summed E-state index contributed by atoms with van der Waals surface area (Å²) in [6, 6.07) is 8.70. The summed E-state index contributed by atoms with van der Waals surface area (Å²) in [7, 11) is 0. The Balaban J connectivity index is 2.63. The molecule has 2 rings (SSSR count). The summed E-state index contributed by atoms with van der Waals surface area (Å²) in [5.74, 6) is -0.975. The maximum absolute atomic E-state index is 10.7. The van der Waals surface area contributed by atoms with Crippen molar-refractivity contribution in [2.24, 2.45) is 0 Å². The summed E-state index contributed by atoms with van der Waals surface area (Å²) < 4.78 is 0. The molecule has 0 bridgehead atoms. The lowest BCUT2D eigenvalue weighted by Gasteiger charge is -2.11. The first-order valence-electron chi connectivity index (χ1n) is 5.41. The molecule has 92 valence electrons. The number of fused-ring (bicyclic) bond motifs is 1. The number of hydrogen-bond acceptors (Lipinski definition) is 3. The Morgan fingerprint density at radius 1 is 1.28 bits per heavy atom. The van der Waals surface area contributed by atoms with Crippen molar-refractivity contribution in [2.45, 2.75) is 6.42 Å². The van der Waals surface area contributed by atoms with Crippen molar-refractivity contribution in [1.29, 1.82) is 0 Å². The Morgan fingerprint density at radius 3 is 2.50 bits per heavy atom. The van der Waals surface area contributed by atoms with Gasteiger partial charge in [-0.3, -0.25) is 4.79 Å². The lowest BCUT2D eigenvalue weighted by molar-refractivity contribution is -0.135. The maximum atomic E-state index is 10.7. The van der Waals surface area contributed by atoms with Crippen molar-refractivity contribution in [2.75, 3.05) is 5.73 Å². The molecule has 0 aliphatic carbocycles. The molecular weight excluding hydrogens is 230 g/mol. The normalized spacial score (nSPS) is 10.4. The Labute approximate surface area is 104 Å². The van der Waals surface area contributed by atoms with Crippen LogP contribution in [0.4, 0.5) is 5.69 Å². The minimum absolute atomic E-state index is 0.0195. The summed E-state index contributed by atoms with van der Waals surface area (Å²) >= 11 is 0. The number of nitrogen functional groups attached to an aromatic ring is 1. The van der Waals surface area contributed by atoms with E-state index in [1.807, 2.05) is 6.07 Å². The number of hydrogen-bond donors (Lipinski definition) is 3. The van der Waals surface area contributed by atoms with E-state index in [9.17, 15) is 9.90 Å². The van der Waals surface area contributed by atoms with Gasteiger partial charge in [0.2, 0.25) is 0 Å². The van der Waals surface area contributed by atoms with Crippen LogP contribution in [0.1, 0.15) is 12.0 Å². The average molecular weight is 243 g/mol. The quantitative estimate of drug-likeness (QED) is 0.571. The van der Waals surface area contributed by atoms with Crippen LogP contribution >= 0.6 is 0 Å². The highest BCUT2D eigenvalue weighted by atomic mass is 16.4. The number of carbonyl (C=O) groups is 1. The highest BCUT2D eigenvalue weighted by molar-refractivity contribution is 6.01. The third kappa shape index (κ3) is 2.00. The molecule has 2 aromatic carbocycles. The molecule has 4 nitrogen and oxygen atoms in total. The van der Waals surface area contributed by atoms with Gasteiger partial charge in [-0.05, 0) is 11.6 Å². The van der Waals surface area contributed by atoms with E-state index in [-0.39, 0.29) is 12.2 Å². The molecule has 0 unspecified atom stereocenters. The molecule has 0 radical (unpaired) electrons. The molecule has 0 aliphatic rings. The number of aromatic hydroxyl groups is 1. The van der Waals surface area contributed by atoms with Crippen molar-refractivity contribution >= 4 is 28.0 Å². The molecule has 0 saturated carbocycles. The highest BCUT2D eigenvalue weighted by Gasteiger charge is 2.13. The van der Waals surface area contributed by atoms with Crippen LogP contribution in [0.25, 0.3) is 16.3 Å². The van der Waals surface area contributed by atoms with E-state index in [4.69, 9.17) is 10.8 Å². The van der Waals surface area contributed by atoms with Gasteiger partial charge < -0.3 is 15.9 Å². The zero-order valence-electron chi connectivity index (χ0n) is 9.68. The topological polar surface area (TPSA) is 83.5 Å². The molecule has 18 heavy (non-hydrogen) atoms. The van der Waals surface area contributed by atoms with E-state index in [1.54, 1.807) is 24.3 Å². The Bertz CT molecular complexity index is 647. The Morgan fingerprint density at radius 2 is 1.89 bits per heavy atom. The van der Waals surface area contributed by atoms with Crippen LogP contribution in [-0.4, -0.2) is 16.2 Å². The van der Waals surface area contributed by atoms with Gasteiger partial charge in [-0.2, -0.15) is 0 Å². The second-order valence-corrected chi connectivity index (χ2v) is 4.08. The third-order valence-corrected chi connectivity index (χ3v) is 2.79. The fourth-order valence-corrected chi connectivity index (χ4v) is 1.94. The van der Waals surface area contributed by atoms with Crippen LogP contribution in [0.5, 0.6) is 5.75 Å². The van der Waals surface area contributed by atoms with E-state index in [2.05, 4.69) is 6.58 Å². The summed E-state index contributed by atoms with van der Waals surface area (Å²) in [5.41, 5.74) is 7.10. The molecule has 4 heteroatoms. The minimum Gasteiger partial charge on any atom is -0.507 e. The van der Waals surface area contributed by atoms with Gasteiger partial charge in [-0.15, -0.1) is 0 Å². The molecule has 4 N–H and O–H groups in total. The molecule has 0 amide bonds. The predicted octanol–water partition coefficient (Wildman–Crippen LogP) is 2.62. The van der Waals surface area contributed by atoms with Gasteiger partial charge in [0.05, 0.1) is 6.42 Å². The molecule has 0 fully saturated rings. The van der Waals surface area contributed by atoms with E-state index in [1.165, 1.54) is 0 Å². The van der Waals surface area contributed by atoms with Crippen LogP contribution < -0.4 is 5.73 Å². The lowest BCUT2D eigenvalue weighted by atomic mass is 9.97. The molecule has 0 aromatic heterocycles. The Kier molecular flexibility index (Phi) is 2.93. The number of rotatable bonds is 3. The largest absolute Gasteiger partial charge is 0.507 e. The molecule has 0 saturated heterocycles. The fraction of sp³-hybridized carbons (Fsp3) is 0.0714. The van der Waals surface area contributed by atoms with Crippen molar-refractivity contribution in [3.8, 4) is 5.75 Å². The molecule has 2 aromatic rings. The van der Waals surface area contributed by atoms with E-state index < -0.39 is 5.97 Å². The zero-order valence-corrected chi connectivity index (χ0v) is 9.68. The average Bonchev–Trinajstić information content (AvgIpc) is 2.33. The second-order valence-electron chi connectivity index (χ2n) is 4.08. The molecule has 0 aliphatic heterocycles. The zero-order chi connectivity index (χ0) is 13.3. The van der Waals surface area contributed by atoms with Gasteiger partial charge >= 0.3 is 5.97 Å². The molecular formula is C14H13NO3. The van der Waals surface area contributed by atoms with Crippen LogP contribution in [0, 0.1) is 0 Å².